The number of amides is 2. The van der Waals surface area contributed by atoms with Crippen LogP contribution in [0.4, 0.5) is 4.79 Å². The highest BCUT2D eigenvalue weighted by Gasteiger charge is 2.40. The maximum Gasteiger partial charge on any atom is 0.329 e. The van der Waals surface area contributed by atoms with Crippen molar-refractivity contribution in [3.05, 3.63) is 0 Å². The maximum atomic E-state index is 11.8. The quantitative estimate of drug-likeness (QED) is 0.761. The van der Waals surface area contributed by atoms with Crippen molar-refractivity contribution in [3.63, 3.8) is 0 Å². The number of rotatable bonds is 4. The van der Waals surface area contributed by atoms with Crippen LogP contribution in [0.2, 0.25) is 0 Å². The van der Waals surface area contributed by atoms with E-state index in [4.69, 9.17) is 5.11 Å². The summed E-state index contributed by atoms with van der Waals surface area (Å²) in [4.78, 5) is 24.0. The predicted molar refractivity (Wildman–Crippen MR) is 60.2 cm³/mol. The Morgan fingerprint density at radius 2 is 2.06 bits per heavy atom. The number of likely N-dealkylation sites (N-methyl/N-ethyl adjacent to an activating group) is 1. The second kappa shape index (κ2) is 4.31. The molecular weight excluding hydrogens is 208 g/mol. The van der Waals surface area contributed by atoms with Crippen molar-refractivity contribution in [2.75, 3.05) is 7.05 Å². The van der Waals surface area contributed by atoms with Crippen molar-refractivity contribution < 1.29 is 14.7 Å². The Hall–Kier alpha value is -1.26. The molecule has 1 rings (SSSR count). The molecule has 0 radical (unpaired) electrons. The van der Waals surface area contributed by atoms with Gasteiger partial charge in [-0.2, -0.15) is 0 Å². The monoisotopic (exact) mass is 228 g/mol. The molecule has 0 aromatic heterocycles. The first-order valence-electron chi connectivity index (χ1n) is 5.58. The Morgan fingerprint density at radius 1 is 1.50 bits per heavy atom. The van der Waals surface area contributed by atoms with Crippen molar-refractivity contribution >= 4 is 12.0 Å². The van der Waals surface area contributed by atoms with E-state index in [1.54, 1.807) is 0 Å². The summed E-state index contributed by atoms with van der Waals surface area (Å²) in [6.45, 7) is 5.11. The zero-order valence-electron chi connectivity index (χ0n) is 10.3. The summed E-state index contributed by atoms with van der Waals surface area (Å²) in [5.41, 5.74) is -1.18. The lowest BCUT2D eigenvalue weighted by molar-refractivity contribution is -0.146. The summed E-state index contributed by atoms with van der Waals surface area (Å²) < 4.78 is 0. The zero-order chi connectivity index (χ0) is 12.5. The molecule has 1 aliphatic carbocycles. The molecule has 5 nitrogen and oxygen atoms in total. The van der Waals surface area contributed by atoms with Crippen LogP contribution < -0.4 is 5.32 Å². The molecule has 0 heterocycles. The number of nitrogens with zero attached hydrogens (tertiary/aromatic N) is 1. The van der Waals surface area contributed by atoms with E-state index >= 15 is 0 Å². The van der Waals surface area contributed by atoms with Crippen LogP contribution in [0.1, 0.15) is 33.6 Å². The van der Waals surface area contributed by atoms with Crippen LogP contribution in [0.15, 0.2) is 0 Å². The van der Waals surface area contributed by atoms with Gasteiger partial charge in [-0.05, 0) is 26.2 Å². The van der Waals surface area contributed by atoms with Gasteiger partial charge in [0.15, 0.2) is 0 Å². The van der Waals surface area contributed by atoms with E-state index < -0.39 is 11.5 Å². The summed E-state index contributed by atoms with van der Waals surface area (Å²) in [7, 11) is 1.51. The highest BCUT2D eigenvalue weighted by molar-refractivity contribution is 5.85. The van der Waals surface area contributed by atoms with Gasteiger partial charge in [-0.3, -0.25) is 0 Å². The van der Waals surface area contributed by atoms with Crippen molar-refractivity contribution in [2.24, 2.45) is 5.92 Å². The van der Waals surface area contributed by atoms with Crippen LogP contribution in [0.25, 0.3) is 0 Å². The molecule has 2 N–H and O–H groups in total. The van der Waals surface area contributed by atoms with Crippen LogP contribution in [0.5, 0.6) is 0 Å². The molecule has 2 atom stereocenters. The largest absolute Gasteiger partial charge is 0.480 e. The molecule has 16 heavy (non-hydrogen) atoms. The third-order valence-corrected chi connectivity index (χ3v) is 3.42. The van der Waals surface area contributed by atoms with E-state index in [0.29, 0.717) is 5.92 Å². The minimum absolute atomic E-state index is 0.226. The normalized spacial score (nSPS) is 23.8. The van der Waals surface area contributed by atoms with Crippen LogP contribution in [-0.2, 0) is 4.79 Å². The van der Waals surface area contributed by atoms with E-state index in [1.807, 2.05) is 0 Å². The molecule has 2 amide bonds. The van der Waals surface area contributed by atoms with Crippen LogP contribution in [-0.4, -0.2) is 40.6 Å². The van der Waals surface area contributed by atoms with Crippen LogP contribution in [0.3, 0.4) is 0 Å². The van der Waals surface area contributed by atoms with E-state index in [9.17, 15) is 9.59 Å². The molecule has 2 unspecified atom stereocenters. The molecule has 92 valence electrons. The molecule has 5 heteroatoms. The lowest BCUT2D eigenvalue weighted by Gasteiger charge is -2.31. The minimum Gasteiger partial charge on any atom is -0.480 e. The lowest BCUT2D eigenvalue weighted by atomic mass is 10.1. The third kappa shape index (κ3) is 2.46. The van der Waals surface area contributed by atoms with Gasteiger partial charge in [0.05, 0.1) is 0 Å². The van der Waals surface area contributed by atoms with Gasteiger partial charge in [0.25, 0.3) is 0 Å². The highest BCUT2D eigenvalue weighted by Crippen LogP contribution is 2.33. The predicted octanol–water partition coefficient (Wildman–Crippen LogP) is 1.29. The molecule has 0 aliphatic heterocycles. The summed E-state index contributed by atoms with van der Waals surface area (Å²) in [6.07, 6.45) is 2.06. The summed E-state index contributed by atoms with van der Waals surface area (Å²) in [5, 5.41) is 11.8. The topological polar surface area (TPSA) is 69.6 Å². The van der Waals surface area contributed by atoms with Gasteiger partial charge in [-0.1, -0.05) is 13.3 Å². The molecule has 1 fully saturated rings. The van der Waals surface area contributed by atoms with Gasteiger partial charge < -0.3 is 15.3 Å². The first-order chi connectivity index (χ1) is 7.30. The van der Waals surface area contributed by atoms with Gasteiger partial charge in [0, 0.05) is 13.1 Å². The average Bonchev–Trinajstić information content (AvgIpc) is 2.94. The number of carbonyl (C=O) groups is 2. The number of aliphatic carboxylic acids is 1. The van der Waals surface area contributed by atoms with E-state index in [1.165, 1.54) is 25.8 Å². The summed E-state index contributed by atoms with van der Waals surface area (Å²) in [5.74, 6) is -0.446. The number of urea groups is 1. The van der Waals surface area contributed by atoms with E-state index in [-0.39, 0.29) is 12.1 Å². The smallest absolute Gasteiger partial charge is 0.329 e. The van der Waals surface area contributed by atoms with Crippen molar-refractivity contribution in [1.82, 2.24) is 10.2 Å². The maximum absolute atomic E-state index is 11.8. The molecule has 0 spiro atoms. The van der Waals surface area contributed by atoms with Crippen LogP contribution in [0, 0.1) is 5.92 Å². The van der Waals surface area contributed by atoms with Gasteiger partial charge in [-0.25, -0.2) is 9.59 Å². The van der Waals surface area contributed by atoms with Crippen molar-refractivity contribution in [1.29, 1.82) is 0 Å². The molecular formula is C11H20N2O3. The number of carboxylic acid groups (broad SMARTS) is 1. The summed E-state index contributed by atoms with van der Waals surface area (Å²) in [6, 6.07) is -0.0853. The zero-order valence-corrected chi connectivity index (χ0v) is 10.3. The van der Waals surface area contributed by atoms with E-state index in [0.717, 1.165) is 12.8 Å². The minimum atomic E-state index is -1.18. The highest BCUT2D eigenvalue weighted by atomic mass is 16.4. The van der Waals surface area contributed by atoms with Gasteiger partial charge in [0.2, 0.25) is 0 Å². The number of carbonyl (C=O) groups excluding carboxylic acids is 1. The number of carboxylic acids is 1. The fourth-order valence-corrected chi connectivity index (χ4v) is 1.53. The third-order valence-electron chi connectivity index (χ3n) is 3.42. The first kappa shape index (κ1) is 12.8. The van der Waals surface area contributed by atoms with Crippen molar-refractivity contribution in [2.45, 2.75) is 45.2 Å². The Morgan fingerprint density at radius 3 is 2.44 bits per heavy atom. The average molecular weight is 228 g/mol. The Kier molecular flexibility index (Phi) is 3.45. The van der Waals surface area contributed by atoms with E-state index in [2.05, 4.69) is 12.2 Å². The standard InChI is InChI=1S/C11H20N2O3/c1-5-7-6-8(7)12-10(16)13(4)11(2,3)9(14)15/h7-8H,5-6H2,1-4H3,(H,12,16)(H,14,15). The SMILES string of the molecule is CCC1CC1NC(=O)N(C)C(C)(C)C(=O)O. The second-order valence-electron chi connectivity index (χ2n) is 4.88. The molecule has 0 bridgehead atoms. The number of hydrogen-bond acceptors (Lipinski definition) is 2. The van der Waals surface area contributed by atoms with Gasteiger partial charge in [-0.15, -0.1) is 0 Å². The molecule has 0 aromatic rings. The summed E-state index contributed by atoms with van der Waals surface area (Å²) >= 11 is 0. The lowest BCUT2D eigenvalue weighted by Crippen LogP contribution is -2.54. The number of hydrogen-bond donors (Lipinski definition) is 2. The molecule has 0 aromatic carbocycles. The Bertz CT molecular complexity index is 302. The Labute approximate surface area is 95.8 Å². The Balaban J connectivity index is 2.51. The molecule has 0 saturated heterocycles. The fraction of sp³-hybridized carbons (Fsp3) is 0.818. The van der Waals surface area contributed by atoms with Gasteiger partial charge in [0.1, 0.15) is 5.54 Å². The molecule has 1 aliphatic rings. The number of nitrogens with one attached hydrogen (secondary N) is 1. The molecule has 1 saturated carbocycles. The van der Waals surface area contributed by atoms with Crippen LogP contribution >= 0.6 is 0 Å². The van der Waals surface area contributed by atoms with Gasteiger partial charge >= 0.3 is 12.0 Å². The first-order valence-corrected chi connectivity index (χ1v) is 5.58. The fourth-order valence-electron chi connectivity index (χ4n) is 1.53. The van der Waals surface area contributed by atoms with Crippen molar-refractivity contribution in [3.8, 4) is 0 Å². The second-order valence-corrected chi connectivity index (χ2v) is 4.88.